The van der Waals surface area contributed by atoms with Crippen molar-refractivity contribution in [3.8, 4) is 0 Å². The van der Waals surface area contributed by atoms with Crippen molar-refractivity contribution in [2.24, 2.45) is 0 Å². The zero-order chi connectivity index (χ0) is 16.6. The lowest BCUT2D eigenvalue weighted by molar-refractivity contribution is -0.129. The van der Waals surface area contributed by atoms with E-state index in [-0.39, 0.29) is 23.2 Å². The number of fused-ring (bicyclic) bond motifs is 1. The number of rotatable bonds is 1. The SMILES string of the molecule is O=C1CSC(C(F)(F)F)c2c(n(C3CCCCCC3)[nH]c2=O)N1. The average molecular weight is 349 g/mol. The molecule has 1 aromatic heterocycles. The zero-order valence-electron chi connectivity index (χ0n) is 12.4. The highest BCUT2D eigenvalue weighted by Gasteiger charge is 2.47. The lowest BCUT2D eigenvalue weighted by Gasteiger charge is -2.20. The second kappa shape index (κ2) is 6.26. The molecule has 1 aliphatic heterocycles. The fraction of sp³-hybridized carbons (Fsp3) is 0.714. The maximum absolute atomic E-state index is 13.3. The van der Waals surface area contributed by atoms with Gasteiger partial charge >= 0.3 is 6.18 Å². The number of carbonyl (C=O) groups excluding carboxylic acids is 1. The van der Waals surface area contributed by atoms with Crippen LogP contribution in [0.2, 0.25) is 0 Å². The van der Waals surface area contributed by atoms with Gasteiger partial charge in [0.25, 0.3) is 5.56 Å². The molecule has 1 atom stereocenters. The van der Waals surface area contributed by atoms with Gasteiger partial charge in [0.05, 0.1) is 17.4 Å². The molecule has 9 heteroatoms. The largest absolute Gasteiger partial charge is 0.404 e. The molecule has 1 unspecified atom stereocenters. The topological polar surface area (TPSA) is 66.9 Å². The van der Waals surface area contributed by atoms with E-state index in [0.29, 0.717) is 11.8 Å². The van der Waals surface area contributed by atoms with Crippen LogP contribution in [0.25, 0.3) is 0 Å². The number of aromatic amines is 1. The number of thioether (sulfide) groups is 1. The number of aromatic nitrogens is 2. The number of amides is 1. The van der Waals surface area contributed by atoms with Crippen molar-refractivity contribution < 1.29 is 18.0 Å². The lowest BCUT2D eigenvalue weighted by atomic mass is 10.1. The lowest BCUT2D eigenvalue weighted by Crippen LogP contribution is -2.23. The summed E-state index contributed by atoms with van der Waals surface area (Å²) in [6, 6.07) is -0.0776. The number of anilines is 1. The normalized spacial score (nSPS) is 23.8. The number of carbonyl (C=O) groups is 1. The van der Waals surface area contributed by atoms with Gasteiger partial charge in [-0.05, 0) is 12.8 Å². The van der Waals surface area contributed by atoms with Gasteiger partial charge in [0.2, 0.25) is 5.91 Å². The minimum atomic E-state index is -4.58. The van der Waals surface area contributed by atoms with E-state index >= 15 is 0 Å². The van der Waals surface area contributed by atoms with Crippen molar-refractivity contribution in [1.82, 2.24) is 9.78 Å². The average Bonchev–Trinajstić information content (AvgIpc) is 2.69. The summed E-state index contributed by atoms with van der Waals surface area (Å²) in [5.41, 5.74) is -1.14. The summed E-state index contributed by atoms with van der Waals surface area (Å²) < 4.78 is 41.4. The molecule has 23 heavy (non-hydrogen) atoms. The van der Waals surface area contributed by atoms with E-state index in [9.17, 15) is 22.8 Å². The molecule has 1 aliphatic carbocycles. The number of H-pyrrole nitrogens is 1. The Morgan fingerprint density at radius 1 is 1.09 bits per heavy atom. The Bertz CT molecular complexity index is 645. The zero-order valence-corrected chi connectivity index (χ0v) is 13.2. The quantitative estimate of drug-likeness (QED) is 0.764. The van der Waals surface area contributed by atoms with Crippen LogP contribution in [0.5, 0.6) is 0 Å². The summed E-state index contributed by atoms with van der Waals surface area (Å²) in [7, 11) is 0. The molecule has 0 aromatic carbocycles. The minimum absolute atomic E-state index is 0.000718. The second-order valence-corrected chi connectivity index (χ2v) is 7.09. The third kappa shape index (κ3) is 3.29. The van der Waals surface area contributed by atoms with Gasteiger partial charge in [-0.3, -0.25) is 19.4 Å². The Balaban J connectivity index is 2.07. The van der Waals surface area contributed by atoms with Crippen LogP contribution in [0.4, 0.5) is 19.0 Å². The summed E-state index contributed by atoms with van der Waals surface area (Å²) in [5.74, 6) is -0.827. The van der Waals surface area contributed by atoms with Crippen LogP contribution in [0.3, 0.4) is 0 Å². The Morgan fingerprint density at radius 2 is 1.74 bits per heavy atom. The van der Waals surface area contributed by atoms with Gasteiger partial charge in [-0.25, -0.2) is 0 Å². The van der Waals surface area contributed by atoms with Gasteiger partial charge < -0.3 is 5.32 Å². The predicted molar refractivity (Wildman–Crippen MR) is 81.7 cm³/mol. The molecule has 1 fully saturated rings. The molecule has 1 saturated carbocycles. The molecule has 0 radical (unpaired) electrons. The standard InChI is InChI=1S/C14H18F3N3O2S/c15-14(16,17)11-10-12(18-9(21)7-23-11)20(19-13(10)22)8-5-3-1-2-4-6-8/h8,11H,1-7H2,(H,18,21)(H,19,22). The maximum atomic E-state index is 13.3. The Labute approximate surface area is 135 Å². The van der Waals surface area contributed by atoms with Crippen molar-refractivity contribution >= 4 is 23.5 Å². The number of nitrogens with zero attached hydrogens (tertiary/aromatic N) is 1. The molecule has 2 aliphatic rings. The predicted octanol–water partition coefficient (Wildman–Crippen LogP) is 3.36. The van der Waals surface area contributed by atoms with Crippen molar-refractivity contribution in [3.05, 3.63) is 15.9 Å². The van der Waals surface area contributed by atoms with E-state index in [1.165, 1.54) is 4.68 Å². The number of alkyl halides is 3. The fourth-order valence-corrected chi connectivity index (χ4v) is 4.26. The summed E-state index contributed by atoms with van der Waals surface area (Å²) in [4.78, 5) is 24.0. The minimum Gasteiger partial charge on any atom is -0.310 e. The van der Waals surface area contributed by atoms with Crippen molar-refractivity contribution in [2.75, 3.05) is 11.1 Å². The van der Waals surface area contributed by atoms with E-state index in [1.54, 1.807) is 0 Å². The van der Waals surface area contributed by atoms with E-state index in [1.807, 2.05) is 0 Å². The summed E-state index contributed by atoms with van der Waals surface area (Å²) in [5, 5.41) is 3.06. The Kier molecular flexibility index (Phi) is 4.48. The molecule has 2 heterocycles. The molecule has 1 aromatic rings. The first-order valence-electron chi connectivity index (χ1n) is 7.70. The number of hydrogen-bond donors (Lipinski definition) is 2. The first kappa shape index (κ1) is 16.5. The van der Waals surface area contributed by atoms with Crippen molar-refractivity contribution in [3.63, 3.8) is 0 Å². The van der Waals surface area contributed by atoms with Crippen LogP contribution in [0.1, 0.15) is 55.4 Å². The maximum Gasteiger partial charge on any atom is 0.404 e. The molecule has 2 N–H and O–H groups in total. The second-order valence-electron chi connectivity index (χ2n) is 6.00. The van der Waals surface area contributed by atoms with Crippen molar-refractivity contribution in [2.45, 2.75) is 56.0 Å². The van der Waals surface area contributed by atoms with Crippen LogP contribution in [-0.2, 0) is 4.79 Å². The van der Waals surface area contributed by atoms with Gasteiger partial charge in [-0.2, -0.15) is 13.2 Å². The van der Waals surface area contributed by atoms with Crippen LogP contribution < -0.4 is 10.9 Å². The first-order chi connectivity index (χ1) is 10.9. The van der Waals surface area contributed by atoms with Crippen LogP contribution >= 0.6 is 11.8 Å². The smallest absolute Gasteiger partial charge is 0.310 e. The molecule has 3 rings (SSSR count). The molecule has 0 bridgehead atoms. The summed E-state index contributed by atoms with van der Waals surface area (Å²) in [6.45, 7) is 0. The Morgan fingerprint density at radius 3 is 2.35 bits per heavy atom. The molecule has 0 saturated heterocycles. The number of nitrogens with one attached hydrogen (secondary N) is 2. The molecular weight excluding hydrogens is 331 g/mol. The molecule has 1 amide bonds. The van der Waals surface area contributed by atoms with E-state index in [0.717, 1.165) is 38.5 Å². The first-order valence-corrected chi connectivity index (χ1v) is 8.75. The van der Waals surface area contributed by atoms with Gasteiger partial charge in [0.15, 0.2) is 0 Å². The highest BCUT2D eigenvalue weighted by atomic mass is 32.2. The fourth-order valence-electron chi connectivity index (χ4n) is 3.29. The monoisotopic (exact) mass is 349 g/mol. The Hall–Kier alpha value is -1.38. The van der Waals surface area contributed by atoms with E-state index < -0.39 is 22.9 Å². The third-order valence-electron chi connectivity index (χ3n) is 4.35. The molecule has 5 nitrogen and oxygen atoms in total. The molecular formula is C14H18F3N3O2S. The summed E-state index contributed by atoms with van der Waals surface area (Å²) in [6.07, 6.45) is 1.09. The van der Waals surface area contributed by atoms with Gasteiger partial charge in [-0.15, -0.1) is 11.8 Å². The van der Waals surface area contributed by atoms with Crippen LogP contribution in [0, 0.1) is 0 Å². The number of hydrogen-bond acceptors (Lipinski definition) is 3. The summed E-state index contributed by atoms with van der Waals surface area (Å²) >= 11 is 0.450. The van der Waals surface area contributed by atoms with Gasteiger partial charge in [-0.1, -0.05) is 25.7 Å². The van der Waals surface area contributed by atoms with Crippen molar-refractivity contribution in [1.29, 1.82) is 0 Å². The molecule has 128 valence electrons. The van der Waals surface area contributed by atoms with E-state index in [4.69, 9.17) is 0 Å². The van der Waals surface area contributed by atoms with Gasteiger partial charge in [0.1, 0.15) is 11.1 Å². The number of halogens is 3. The third-order valence-corrected chi connectivity index (χ3v) is 5.62. The highest BCUT2D eigenvalue weighted by Crippen LogP contribution is 2.46. The van der Waals surface area contributed by atoms with Crippen LogP contribution in [0.15, 0.2) is 4.79 Å². The van der Waals surface area contributed by atoms with E-state index in [2.05, 4.69) is 10.4 Å². The molecule has 0 spiro atoms. The highest BCUT2D eigenvalue weighted by molar-refractivity contribution is 8.00. The van der Waals surface area contributed by atoms with Gasteiger partial charge in [0, 0.05) is 0 Å². The van der Waals surface area contributed by atoms with Crippen LogP contribution in [-0.4, -0.2) is 27.6 Å².